The van der Waals surface area contributed by atoms with Gasteiger partial charge in [0.15, 0.2) is 0 Å². The molecule has 8 heteroatoms. The Kier molecular flexibility index (Phi) is 4.34. The fourth-order valence-electron chi connectivity index (χ4n) is 1.42. The molecule has 1 aromatic carbocycles. The Morgan fingerprint density at radius 2 is 1.84 bits per heavy atom. The lowest BCUT2D eigenvalue weighted by atomic mass is 10.3. The average molecular weight is 363 g/mol. The number of hydrogen-bond donors (Lipinski definition) is 3. The quantitative estimate of drug-likeness (QED) is 0.721. The molecule has 0 fully saturated rings. The Hall–Kier alpha value is -1.24. The number of nitrogen functional groups attached to an aromatic ring is 1. The minimum Gasteiger partial charge on any atom is -0.373 e. The predicted octanol–water partition coefficient (Wildman–Crippen LogP) is 3.91. The number of anilines is 4. The number of nitrogens with zero attached hydrogens (tertiary/aromatic N) is 2. The van der Waals surface area contributed by atoms with E-state index in [4.69, 9.17) is 28.9 Å². The van der Waals surface area contributed by atoms with E-state index >= 15 is 0 Å². The summed E-state index contributed by atoms with van der Waals surface area (Å²) < 4.78 is 0.725. The van der Waals surface area contributed by atoms with Crippen molar-refractivity contribution in [3.05, 3.63) is 32.7 Å². The highest BCUT2D eigenvalue weighted by Gasteiger charge is 2.10. The van der Waals surface area contributed by atoms with Gasteiger partial charge in [0, 0.05) is 17.6 Å². The number of benzene rings is 1. The summed E-state index contributed by atoms with van der Waals surface area (Å²) in [7, 11) is 1.75. The average Bonchev–Trinajstić information content (AvgIpc) is 2.39. The normalized spacial score (nSPS) is 10.3. The van der Waals surface area contributed by atoms with Crippen molar-refractivity contribution >= 4 is 62.4 Å². The number of nitrogens with one attached hydrogen (secondary N) is 2. The van der Waals surface area contributed by atoms with Gasteiger partial charge in [0.05, 0.1) is 15.7 Å². The van der Waals surface area contributed by atoms with Crippen molar-refractivity contribution in [2.75, 3.05) is 23.4 Å². The fourth-order valence-corrected chi connectivity index (χ4v) is 2.24. The van der Waals surface area contributed by atoms with Gasteiger partial charge in [0.2, 0.25) is 5.95 Å². The van der Waals surface area contributed by atoms with Gasteiger partial charge in [-0.2, -0.15) is 9.97 Å². The van der Waals surface area contributed by atoms with Crippen LogP contribution in [0.1, 0.15) is 0 Å². The van der Waals surface area contributed by atoms with Gasteiger partial charge in [0.25, 0.3) is 0 Å². The first-order chi connectivity index (χ1) is 9.01. The van der Waals surface area contributed by atoms with Crippen molar-refractivity contribution in [3.63, 3.8) is 0 Å². The second-order valence-electron chi connectivity index (χ2n) is 3.59. The molecular weight excluding hydrogens is 353 g/mol. The van der Waals surface area contributed by atoms with Crippen LogP contribution in [-0.2, 0) is 0 Å². The van der Waals surface area contributed by atoms with E-state index in [2.05, 4.69) is 36.5 Å². The molecule has 0 amide bonds. The summed E-state index contributed by atoms with van der Waals surface area (Å²) in [4.78, 5) is 8.07. The zero-order chi connectivity index (χ0) is 14.0. The molecule has 2 rings (SSSR count). The van der Waals surface area contributed by atoms with Gasteiger partial charge in [-0.05, 0) is 28.1 Å². The zero-order valence-corrected chi connectivity index (χ0v) is 12.9. The Morgan fingerprint density at radius 1 is 1.16 bits per heavy atom. The van der Waals surface area contributed by atoms with Crippen LogP contribution < -0.4 is 16.4 Å². The van der Waals surface area contributed by atoms with E-state index in [0.29, 0.717) is 27.4 Å². The molecule has 4 N–H and O–H groups in total. The van der Waals surface area contributed by atoms with Crippen LogP contribution in [0.2, 0.25) is 10.0 Å². The van der Waals surface area contributed by atoms with Crippen molar-refractivity contribution in [1.82, 2.24) is 9.97 Å². The molecule has 1 heterocycles. The lowest BCUT2D eigenvalue weighted by Crippen LogP contribution is -2.03. The highest BCUT2D eigenvalue weighted by atomic mass is 79.9. The smallest absolute Gasteiger partial charge is 0.223 e. The van der Waals surface area contributed by atoms with Gasteiger partial charge >= 0.3 is 0 Å². The molecule has 0 radical (unpaired) electrons. The highest BCUT2D eigenvalue weighted by Crippen LogP contribution is 2.37. The van der Waals surface area contributed by atoms with Gasteiger partial charge in [-0.1, -0.05) is 23.2 Å². The Morgan fingerprint density at radius 3 is 2.53 bits per heavy atom. The van der Waals surface area contributed by atoms with Crippen molar-refractivity contribution in [2.45, 2.75) is 0 Å². The minimum atomic E-state index is 0.161. The number of halogens is 3. The van der Waals surface area contributed by atoms with E-state index < -0.39 is 0 Å². The third-order valence-electron chi connectivity index (χ3n) is 2.30. The van der Waals surface area contributed by atoms with E-state index in [1.54, 1.807) is 25.2 Å². The zero-order valence-electron chi connectivity index (χ0n) is 9.84. The summed E-state index contributed by atoms with van der Waals surface area (Å²) in [5, 5.41) is 6.77. The lowest BCUT2D eigenvalue weighted by Gasteiger charge is -2.11. The lowest BCUT2D eigenvalue weighted by molar-refractivity contribution is 1.17. The maximum Gasteiger partial charge on any atom is 0.223 e. The van der Waals surface area contributed by atoms with E-state index in [-0.39, 0.29) is 5.95 Å². The molecule has 100 valence electrons. The van der Waals surface area contributed by atoms with Crippen LogP contribution in [0.3, 0.4) is 0 Å². The van der Waals surface area contributed by atoms with Crippen LogP contribution in [0.15, 0.2) is 22.7 Å². The molecule has 0 aliphatic rings. The van der Waals surface area contributed by atoms with Crippen LogP contribution in [0.25, 0.3) is 0 Å². The molecule has 0 saturated carbocycles. The molecule has 0 unspecified atom stereocenters. The van der Waals surface area contributed by atoms with Crippen LogP contribution in [0.4, 0.5) is 23.3 Å². The number of hydrogen-bond acceptors (Lipinski definition) is 5. The monoisotopic (exact) mass is 361 g/mol. The first kappa shape index (κ1) is 14.2. The molecule has 0 aliphatic heterocycles. The van der Waals surface area contributed by atoms with Crippen LogP contribution in [0, 0.1) is 0 Å². The molecule has 2 aromatic rings. The second-order valence-corrected chi connectivity index (χ2v) is 5.20. The largest absolute Gasteiger partial charge is 0.373 e. The van der Waals surface area contributed by atoms with Gasteiger partial charge in [0.1, 0.15) is 11.6 Å². The maximum atomic E-state index is 6.15. The van der Waals surface area contributed by atoms with E-state index in [0.717, 1.165) is 4.47 Å². The summed E-state index contributed by atoms with van der Waals surface area (Å²) in [5.41, 5.74) is 6.25. The summed E-state index contributed by atoms with van der Waals surface area (Å²) in [5.74, 6) is 1.29. The van der Waals surface area contributed by atoms with Gasteiger partial charge in [-0.3, -0.25) is 0 Å². The summed E-state index contributed by atoms with van der Waals surface area (Å²) in [6, 6.07) is 5.29. The van der Waals surface area contributed by atoms with Crippen molar-refractivity contribution in [2.24, 2.45) is 0 Å². The topological polar surface area (TPSA) is 75.9 Å². The molecule has 5 nitrogen and oxygen atoms in total. The molecule has 0 atom stereocenters. The molecule has 0 saturated heterocycles. The summed E-state index contributed by atoms with van der Waals surface area (Å²) in [6.45, 7) is 0. The van der Waals surface area contributed by atoms with Crippen LogP contribution in [0.5, 0.6) is 0 Å². The Labute approximate surface area is 128 Å². The van der Waals surface area contributed by atoms with Crippen LogP contribution >= 0.6 is 39.1 Å². The van der Waals surface area contributed by atoms with Crippen LogP contribution in [-0.4, -0.2) is 17.0 Å². The first-order valence-corrected chi connectivity index (χ1v) is 6.79. The summed E-state index contributed by atoms with van der Waals surface area (Å²) >= 11 is 15.5. The molecule has 0 spiro atoms. The predicted molar refractivity (Wildman–Crippen MR) is 83.4 cm³/mol. The SMILES string of the molecule is CNc1cc(Nc2ccc(Br)c(Cl)c2Cl)nc(N)n1. The Balaban J connectivity index is 2.36. The first-order valence-electron chi connectivity index (χ1n) is 5.24. The fraction of sp³-hybridized carbons (Fsp3) is 0.0909. The molecule has 19 heavy (non-hydrogen) atoms. The van der Waals surface area contributed by atoms with E-state index in [9.17, 15) is 0 Å². The summed E-state index contributed by atoms with van der Waals surface area (Å²) in [6.07, 6.45) is 0. The number of rotatable bonds is 3. The van der Waals surface area contributed by atoms with Gasteiger partial charge < -0.3 is 16.4 Å². The molecule has 0 bridgehead atoms. The van der Waals surface area contributed by atoms with Crippen molar-refractivity contribution in [1.29, 1.82) is 0 Å². The third-order valence-corrected chi connectivity index (χ3v) is 4.07. The Bertz CT molecular complexity index is 620. The number of aromatic nitrogens is 2. The number of nitrogens with two attached hydrogens (primary N) is 1. The highest BCUT2D eigenvalue weighted by molar-refractivity contribution is 9.10. The van der Waals surface area contributed by atoms with E-state index in [1.807, 2.05) is 0 Å². The van der Waals surface area contributed by atoms with Gasteiger partial charge in [-0.25, -0.2) is 0 Å². The second kappa shape index (κ2) is 5.81. The van der Waals surface area contributed by atoms with Crippen molar-refractivity contribution in [3.8, 4) is 0 Å². The minimum absolute atomic E-state index is 0.161. The maximum absolute atomic E-state index is 6.15. The third kappa shape index (κ3) is 3.20. The molecule has 1 aromatic heterocycles. The molecule has 0 aliphatic carbocycles. The van der Waals surface area contributed by atoms with Gasteiger partial charge in [-0.15, -0.1) is 0 Å². The van der Waals surface area contributed by atoms with E-state index in [1.165, 1.54) is 0 Å². The molecular formula is C11H10BrCl2N5. The standard InChI is InChI=1S/C11H10BrCl2N5/c1-16-7-4-8(19-11(15)18-7)17-6-3-2-5(12)9(13)10(6)14/h2-4H,1H3,(H4,15,16,17,18,19). The van der Waals surface area contributed by atoms with Crippen molar-refractivity contribution < 1.29 is 0 Å².